The Balaban J connectivity index is 2.30. The highest BCUT2D eigenvalue weighted by molar-refractivity contribution is 5.92. The summed E-state index contributed by atoms with van der Waals surface area (Å²) >= 11 is 0. The molecule has 0 saturated heterocycles. The van der Waals surface area contributed by atoms with E-state index >= 15 is 0 Å². The van der Waals surface area contributed by atoms with Gasteiger partial charge in [-0.15, -0.1) is 0 Å². The molecule has 0 aliphatic rings. The third kappa shape index (κ3) is 3.28. The van der Waals surface area contributed by atoms with E-state index in [1.54, 1.807) is 36.4 Å². The molecule has 0 spiro atoms. The summed E-state index contributed by atoms with van der Waals surface area (Å²) in [4.78, 5) is 23.4. The van der Waals surface area contributed by atoms with Gasteiger partial charge < -0.3 is 10.2 Å². The Morgan fingerprint density at radius 2 is 1.00 bits per heavy atom. The standard InChI is InChI=1S/C21H16O4/c22-20(23)17-12-6-4-10-15(17)19(14-8-2-1-3-9-14)16-11-5-7-13-18(16)21(24)25/h1-13,19H,(H,22,23)(H,24,25). The van der Waals surface area contributed by atoms with Gasteiger partial charge in [-0.2, -0.15) is 0 Å². The smallest absolute Gasteiger partial charge is 0.335 e. The fraction of sp³-hybridized carbons (Fsp3) is 0.0476. The highest BCUT2D eigenvalue weighted by Crippen LogP contribution is 2.35. The molecule has 0 radical (unpaired) electrons. The van der Waals surface area contributed by atoms with Crippen LogP contribution in [0.3, 0.4) is 0 Å². The van der Waals surface area contributed by atoms with Gasteiger partial charge >= 0.3 is 11.9 Å². The number of aromatic carboxylic acids is 2. The number of carboxylic acids is 2. The fourth-order valence-electron chi connectivity index (χ4n) is 3.06. The summed E-state index contributed by atoms with van der Waals surface area (Å²) in [7, 11) is 0. The van der Waals surface area contributed by atoms with Gasteiger partial charge in [-0.1, -0.05) is 66.7 Å². The highest BCUT2D eigenvalue weighted by atomic mass is 16.4. The molecule has 3 rings (SSSR count). The van der Waals surface area contributed by atoms with E-state index in [-0.39, 0.29) is 11.1 Å². The van der Waals surface area contributed by atoms with E-state index in [9.17, 15) is 19.8 Å². The van der Waals surface area contributed by atoms with Crippen LogP contribution in [0.1, 0.15) is 43.3 Å². The molecule has 3 aromatic rings. The van der Waals surface area contributed by atoms with Crippen LogP contribution >= 0.6 is 0 Å². The zero-order chi connectivity index (χ0) is 17.8. The molecule has 4 nitrogen and oxygen atoms in total. The van der Waals surface area contributed by atoms with E-state index in [1.807, 2.05) is 30.3 Å². The largest absolute Gasteiger partial charge is 0.478 e. The first-order valence-corrected chi connectivity index (χ1v) is 7.79. The normalized spacial score (nSPS) is 10.6. The highest BCUT2D eigenvalue weighted by Gasteiger charge is 2.25. The third-order valence-corrected chi connectivity index (χ3v) is 4.14. The van der Waals surface area contributed by atoms with Gasteiger partial charge in [0.25, 0.3) is 0 Å². The Morgan fingerprint density at radius 1 is 0.600 bits per heavy atom. The molecule has 0 aliphatic heterocycles. The fourth-order valence-corrected chi connectivity index (χ4v) is 3.06. The van der Waals surface area contributed by atoms with Crippen molar-refractivity contribution in [2.45, 2.75) is 5.92 Å². The van der Waals surface area contributed by atoms with Crippen molar-refractivity contribution in [2.24, 2.45) is 0 Å². The van der Waals surface area contributed by atoms with Crippen LogP contribution < -0.4 is 0 Å². The molecule has 0 saturated carbocycles. The van der Waals surface area contributed by atoms with Crippen molar-refractivity contribution in [1.82, 2.24) is 0 Å². The minimum atomic E-state index is -1.04. The second-order valence-corrected chi connectivity index (χ2v) is 5.63. The van der Waals surface area contributed by atoms with Crippen molar-refractivity contribution in [3.63, 3.8) is 0 Å². The van der Waals surface area contributed by atoms with Crippen LogP contribution in [0.2, 0.25) is 0 Å². The molecule has 0 bridgehead atoms. The maximum atomic E-state index is 11.7. The number of hydrogen-bond donors (Lipinski definition) is 2. The summed E-state index contributed by atoms with van der Waals surface area (Å²) in [6.45, 7) is 0. The van der Waals surface area contributed by atoms with Crippen molar-refractivity contribution in [1.29, 1.82) is 0 Å². The van der Waals surface area contributed by atoms with Gasteiger partial charge in [-0.25, -0.2) is 9.59 Å². The average Bonchev–Trinajstić information content (AvgIpc) is 2.63. The van der Waals surface area contributed by atoms with Crippen LogP contribution in [0.15, 0.2) is 78.9 Å². The molecule has 0 aromatic heterocycles. The molecule has 0 fully saturated rings. The van der Waals surface area contributed by atoms with Crippen LogP contribution in [0.25, 0.3) is 0 Å². The van der Waals surface area contributed by atoms with Gasteiger partial charge in [0.2, 0.25) is 0 Å². The van der Waals surface area contributed by atoms with Crippen LogP contribution in [0.5, 0.6) is 0 Å². The SMILES string of the molecule is O=C(O)c1ccccc1C(c1ccccc1)c1ccccc1C(=O)O. The van der Waals surface area contributed by atoms with Crippen molar-refractivity contribution >= 4 is 11.9 Å². The zero-order valence-corrected chi connectivity index (χ0v) is 13.3. The third-order valence-electron chi connectivity index (χ3n) is 4.14. The Hall–Kier alpha value is -3.40. The summed E-state index contributed by atoms with van der Waals surface area (Å²) in [5.74, 6) is -2.56. The molecule has 0 aliphatic carbocycles. The van der Waals surface area contributed by atoms with E-state index < -0.39 is 17.9 Å². The maximum Gasteiger partial charge on any atom is 0.335 e. The van der Waals surface area contributed by atoms with Gasteiger partial charge in [0.1, 0.15) is 0 Å². The lowest BCUT2D eigenvalue weighted by atomic mass is 9.81. The van der Waals surface area contributed by atoms with Crippen molar-refractivity contribution < 1.29 is 19.8 Å². The van der Waals surface area contributed by atoms with E-state index in [4.69, 9.17) is 0 Å². The summed E-state index contributed by atoms with van der Waals surface area (Å²) in [5, 5.41) is 19.1. The lowest BCUT2D eigenvalue weighted by Gasteiger charge is -2.22. The van der Waals surface area contributed by atoms with E-state index in [2.05, 4.69) is 0 Å². The first-order chi connectivity index (χ1) is 12.1. The van der Waals surface area contributed by atoms with Crippen molar-refractivity contribution in [2.75, 3.05) is 0 Å². The molecule has 3 aromatic carbocycles. The van der Waals surface area contributed by atoms with Gasteiger partial charge in [0.15, 0.2) is 0 Å². The average molecular weight is 332 g/mol. The van der Waals surface area contributed by atoms with Crippen LogP contribution in [0.4, 0.5) is 0 Å². The molecule has 2 N–H and O–H groups in total. The number of benzene rings is 3. The number of carbonyl (C=O) groups is 2. The van der Waals surface area contributed by atoms with Gasteiger partial charge in [0, 0.05) is 5.92 Å². The Morgan fingerprint density at radius 3 is 1.44 bits per heavy atom. The molecule has 124 valence electrons. The molecule has 0 unspecified atom stereocenters. The first kappa shape index (κ1) is 16.5. The summed E-state index contributed by atoms with van der Waals surface area (Å²) in [6, 6.07) is 22.7. The van der Waals surface area contributed by atoms with Gasteiger partial charge in [-0.05, 0) is 28.8 Å². The second kappa shape index (κ2) is 7.01. The molecular formula is C21H16O4. The number of carboxylic acid groups (broad SMARTS) is 2. The number of hydrogen-bond acceptors (Lipinski definition) is 2. The molecule has 0 heterocycles. The molecule has 25 heavy (non-hydrogen) atoms. The summed E-state index contributed by atoms with van der Waals surface area (Å²) in [6.07, 6.45) is 0. The lowest BCUT2D eigenvalue weighted by Crippen LogP contribution is -2.13. The van der Waals surface area contributed by atoms with Gasteiger partial charge in [-0.3, -0.25) is 0 Å². The molecule has 0 atom stereocenters. The van der Waals surface area contributed by atoms with Gasteiger partial charge in [0.05, 0.1) is 11.1 Å². The quantitative estimate of drug-likeness (QED) is 0.685. The predicted octanol–water partition coefficient (Wildman–Crippen LogP) is 4.26. The Bertz CT molecular complexity index is 858. The van der Waals surface area contributed by atoms with Crippen LogP contribution in [0, 0.1) is 0 Å². The van der Waals surface area contributed by atoms with E-state index in [1.165, 1.54) is 12.1 Å². The zero-order valence-electron chi connectivity index (χ0n) is 13.3. The summed E-state index contributed by atoms with van der Waals surface area (Å²) < 4.78 is 0. The minimum Gasteiger partial charge on any atom is -0.478 e. The van der Waals surface area contributed by atoms with E-state index in [0.29, 0.717) is 11.1 Å². The van der Waals surface area contributed by atoms with Crippen molar-refractivity contribution in [3.8, 4) is 0 Å². The molecule has 4 heteroatoms. The molecular weight excluding hydrogens is 316 g/mol. The van der Waals surface area contributed by atoms with Crippen LogP contribution in [-0.2, 0) is 0 Å². The van der Waals surface area contributed by atoms with Crippen molar-refractivity contribution in [3.05, 3.63) is 107 Å². The minimum absolute atomic E-state index is 0.163. The topological polar surface area (TPSA) is 74.6 Å². The maximum absolute atomic E-state index is 11.7. The van der Waals surface area contributed by atoms with Crippen LogP contribution in [-0.4, -0.2) is 22.2 Å². The molecule has 0 amide bonds. The predicted molar refractivity (Wildman–Crippen MR) is 94.2 cm³/mol. The Kier molecular flexibility index (Phi) is 4.61. The lowest BCUT2D eigenvalue weighted by molar-refractivity contribution is 0.0686. The number of rotatable bonds is 5. The Labute approximate surface area is 145 Å². The summed E-state index contributed by atoms with van der Waals surface area (Å²) in [5.41, 5.74) is 2.29. The monoisotopic (exact) mass is 332 g/mol. The first-order valence-electron chi connectivity index (χ1n) is 7.79. The second-order valence-electron chi connectivity index (χ2n) is 5.63. The van der Waals surface area contributed by atoms with E-state index in [0.717, 1.165) is 5.56 Å².